The van der Waals surface area contributed by atoms with Crippen LogP contribution in [0, 0.1) is 13.8 Å². The fourth-order valence-electron chi connectivity index (χ4n) is 16.9. The molecule has 4 heteroatoms. The first-order valence-electron chi connectivity index (χ1n) is 28.5. The van der Waals surface area contributed by atoms with Gasteiger partial charge in [0.25, 0.3) is 6.71 Å². The number of hydrogen-bond donors (Lipinski definition) is 0. The van der Waals surface area contributed by atoms with E-state index in [9.17, 15) is 0 Å². The van der Waals surface area contributed by atoms with Gasteiger partial charge < -0.3 is 14.7 Å². The quantitative estimate of drug-likeness (QED) is 0.160. The lowest BCUT2D eigenvalue weighted by Crippen LogP contribution is -2.65. The normalized spacial score (nSPS) is 25.9. The summed E-state index contributed by atoms with van der Waals surface area (Å²) in [5.41, 5.74) is 29.8. The summed E-state index contributed by atoms with van der Waals surface area (Å²) < 4.78 is 0. The van der Waals surface area contributed by atoms with E-state index in [1.807, 2.05) is 0 Å². The standard InChI is InChI=1S/C69H82BN3/c1-41-34-44(63(6,7)8)35-42(2)60(41)71-54-29-27-48-47-24-18-19-25-49(47)65(12,13)57(48)59(54)70-52-38-45(64(9,10)11)37-51-61(52)73(69(17)33-23-21-31-67(51,69)15)56-40-46(39-55(71)58(56)70)72-53-28-26-43(62(3,4)5)36-50(53)66(14)30-20-22-32-68(66,72)16/h18-19,24-29,34-40H,20-23,30-33H2,1-17H3. The maximum absolute atomic E-state index is 3.00. The summed E-state index contributed by atoms with van der Waals surface area (Å²) in [6, 6.07) is 37.9. The first-order valence-corrected chi connectivity index (χ1v) is 28.5. The number of rotatable bonds is 2. The van der Waals surface area contributed by atoms with E-state index in [0.29, 0.717) is 0 Å². The lowest BCUT2D eigenvalue weighted by Gasteiger charge is -2.54. The van der Waals surface area contributed by atoms with Crippen LogP contribution >= 0.6 is 0 Å². The predicted molar refractivity (Wildman–Crippen MR) is 315 cm³/mol. The summed E-state index contributed by atoms with van der Waals surface area (Å²) >= 11 is 0. The molecule has 0 spiro atoms. The topological polar surface area (TPSA) is 9.72 Å². The molecule has 376 valence electrons. The summed E-state index contributed by atoms with van der Waals surface area (Å²) in [5.74, 6) is 0. The number of aryl methyl sites for hydroxylation is 2. The Morgan fingerprint density at radius 1 is 0.452 bits per heavy atom. The van der Waals surface area contributed by atoms with Crippen LogP contribution in [-0.2, 0) is 32.5 Å². The van der Waals surface area contributed by atoms with Crippen molar-refractivity contribution in [1.82, 2.24) is 0 Å². The van der Waals surface area contributed by atoms with Crippen LogP contribution in [0.2, 0.25) is 0 Å². The molecule has 2 fully saturated rings. The largest absolute Gasteiger partial charge is 0.335 e. The molecule has 4 atom stereocenters. The van der Waals surface area contributed by atoms with Gasteiger partial charge in [-0.3, -0.25) is 0 Å². The highest BCUT2D eigenvalue weighted by Gasteiger charge is 2.63. The molecule has 4 unspecified atom stereocenters. The SMILES string of the molecule is Cc1cc(C(C)(C)C)cc(C)c1N1c2cc(N3c4ccc(C(C)(C)C)cc4C4(C)CCCCC34C)cc3c2B(c2cc(C(C)(C)C)cc4c2N3C2(C)CCCCC42C)c2c1ccc1c2C(C)(C)c2ccccc2-1. The van der Waals surface area contributed by atoms with Crippen LogP contribution in [0.5, 0.6) is 0 Å². The van der Waals surface area contributed by atoms with Crippen LogP contribution in [0.3, 0.4) is 0 Å². The average molecular weight is 964 g/mol. The minimum Gasteiger partial charge on any atom is -0.335 e. The fraction of sp³-hybridized carbons (Fsp3) is 0.478. The highest BCUT2D eigenvalue weighted by Crippen LogP contribution is 2.66. The minimum absolute atomic E-state index is 0.00555. The van der Waals surface area contributed by atoms with E-state index in [1.54, 1.807) is 11.1 Å². The van der Waals surface area contributed by atoms with E-state index < -0.39 is 0 Å². The summed E-state index contributed by atoms with van der Waals surface area (Å²) in [7, 11) is 0. The van der Waals surface area contributed by atoms with E-state index in [1.165, 1.54) is 158 Å². The molecule has 0 aromatic heterocycles. The molecular formula is C69H82BN3. The van der Waals surface area contributed by atoms with E-state index >= 15 is 0 Å². The second-order valence-corrected chi connectivity index (χ2v) is 29.0. The Morgan fingerprint density at radius 3 is 1.64 bits per heavy atom. The van der Waals surface area contributed by atoms with Crippen LogP contribution < -0.4 is 31.1 Å². The van der Waals surface area contributed by atoms with Gasteiger partial charge in [-0.25, -0.2) is 0 Å². The summed E-state index contributed by atoms with van der Waals surface area (Å²) in [4.78, 5) is 8.71. The Morgan fingerprint density at radius 2 is 1.00 bits per heavy atom. The van der Waals surface area contributed by atoms with E-state index in [2.05, 4.69) is 223 Å². The maximum Gasteiger partial charge on any atom is 0.252 e. The van der Waals surface area contributed by atoms with Crippen molar-refractivity contribution in [2.24, 2.45) is 0 Å². The van der Waals surface area contributed by atoms with Crippen molar-refractivity contribution in [3.05, 3.63) is 141 Å². The Balaban J connectivity index is 1.21. The van der Waals surface area contributed by atoms with Gasteiger partial charge in [-0.2, -0.15) is 0 Å². The van der Waals surface area contributed by atoms with Gasteiger partial charge in [0, 0.05) is 50.4 Å². The van der Waals surface area contributed by atoms with Crippen LogP contribution in [0.4, 0.5) is 39.8 Å². The number of benzene rings is 6. The smallest absolute Gasteiger partial charge is 0.252 e. The van der Waals surface area contributed by atoms with Crippen LogP contribution in [0.25, 0.3) is 11.1 Å². The molecule has 73 heavy (non-hydrogen) atoms. The average Bonchev–Trinajstić information content (AvgIpc) is 3.78. The molecule has 0 bridgehead atoms. The molecule has 0 saturated heterocycles. The van der Waals surface area contributed by atoms with Crippen molar-refractivity contribution in [2.45, 2.75) is 213 Å². The first-order chi connectivity index (χ1) is 34.2. The third-order valence-electron chi connectivity index (χ3n) is 21.4. The van der Waals surface area contributed by atoms with E-state index in [4.69, 9.17) is 0 Å². The zero-order valence-electron chi connectivity index (χ0n) is 47.7. The molecule has 6 aromatic rings. The molecule has 6 aromatic carbocycles. The highest BCUT2D eigenvalue weighted by molar-refractivity contribution is 7.00. The number of fused-ring (bicyclic) bond motifs is 14. The van der Waals surface area contributed by atoms with Gasteiger partial charge in [0.1, 0.15) is 0 Å². The minimum atomic E-state index is -0.209. The number of nitrogens with zero attached hydrogens (tertiary/aromatic N) is 3. The lowest BCUT2D eigenvalue weighted by molar-refractivity contribution is 0.194. The van der Waals surface area contributed by atoms with E-state index in [0.717, 1.165) is 0 Å². The van der Waals surface area contributed by atoms with Crippen molar-refractivity contribution in [2.75, 3.05) is 14.7 Å². The zero-order valence-corrected chi connectivity index (χ0v) is 47.7. The molecule has 4 aliphatic heterocycles. The summed E-state index contributed by atoms with van der Waals surface area (Å²) in [6.07, 6.45) is 9.80. The molecular weight excluding hydrogens is 882 g/mol. The van der Waals surface area contributed by atoms with Gasteiger partial charge in [-0.1, -0.05) is 182 Å². The Kier molecular flexibility index (Phi) is 9.49. The third-order valence-corrected chi connectivity index (χ3v) is 21.4. The summed E-state index contributed by atoms with van der Waals surface area (Å²) in [5, 5.41) is 0. The molecule has 13 rings (SSSR count). The van der Waals surface area contributed by atoms with Gasteiger partial charge in [0.15, 0.2) is 0 Å². The zero-order chi connectivity index (χ0) is 51.7. The monoisotopic (exact) mass is 964 g/mol. The van der Waals surface area contributed by atoms with Crippen molar-refractivity contribution in [1.29, 1.82) is 0 Å². The number of anilines is 7. The van der Waals surface area contributed by atoms with Gasteiger partial charge in [0.2, 0.25) is 0 Å². The van der Waals surface area contributed by atoms with Crippen molar-refractivity contribution in [3.8, 4) is 11.1 Å². The Labute approximate surface area is 440 Å². The molecule has 0 amide bonds. The molecule has 2 saturated carbocycles. The van der Waals surface area contributed by atoms with E-state index in [-0.39, 0.29) is 50.3 Å². The predicted octanol–water partition coefficient (Wildman–Crippen LogP) is 16.6. The Bertz CT molecular complexity index is 3380. The molecule has 3 aliphatic carbocycles. The van der Waals surface area contributed by atoms with Crippen molar-refractivity contribution >= 4 is 62.9 Å². The molecule has 0 radical (unpaired) electrons. The third kappa shape index (κ3) is 5.91. The summed E-state index contributed by atoms with van der Waals surface area (Å²) in [6.45, 7) is 42.1. The van der Waals surface area contributed by atoms with Gasteiger partial charge in [-0.05, 0) is 171 Å². The van der Waals surface area contributed by atoms with Crippen LogP contribution in [-0.4, -0.2) is 17.8 Å². The first kappa shape index (κ1) is 47.5. The second kappa shape index (κ2) is 14.6. The fourth-order valence-corrected chi connectivity index (χ4v) is 16.9. The van der Waals surface area contributed by atoms with Gasteiger partial charge >= 0.3 is 0 Å². The van der Waals surface area contributed by atoms with Gasteiger partial charge in [0.05, 0.1) is 16.8 Å². The molecule has 4 heterocycles. The lowest BCUT2D eigenvalue weighted by atomic mass is 9.32. The van der Waals surface area contributed by atoms with Crippen molar-refractivity contribution < 1.29 is 0 Å². The number of hydrogen-bond acceptors (Lipinski definition) is 3. The van der Waals surface area contributed by atoms with Crippen molar-refractivity contribution in [3.63, 3.8) is 0 Å². The molecule has 7 aliphatic rings. The molecule has 3 nitrogen and oxygen atoms in total. The second-order valence-electron chi connectivity index (χ2n) is 29.0. The highest BCUT2D eigenvalue weighted by atomic mass is 15.3. The van der Waals surface area contributed by atoms with Crippen LogP contribution in [0.15, 0.2) is 91.0 Å². The maximum atomic E-state index is 3.00. The Hall–Kier alpha value is -5.22. The van der Waals surface area contributed by atoms with Gasteiger partial charge in [-0.15, -0.1) is 0 Å². The molecule has 0 N–H and O–H groups in total. The van der Waals surface area contributed by atoms with Crippen LogP contribution in [0.1, 0.15) is 205 Å².